The van der Waals surface area contributed by atoms with E-state index < -0.39 is 5.97 Å². The first kappa shape index (κ1) is 24.1. The molecule has 0 saturated carbocycles. The maximum Gasteiger partial charge on any atom is 0.337 e. The Bertz CT molecular complexity index is 1220. The van der Waals surface area contributed by atoms with E-state index in [9.17, 15) is 9.59 Å². The van der Waals surface area contributed by atoms with Crippen LogP contribution in [0.5, 0.6) is 17.2 Å². The van der Waals surface area contributed by atoms with Gasteiger partial charge in [0.25, 0.3) is 5.91 Å². The highest BCUT2D eigenvalue weighted by Crippen LogP contribution is 2.39. The molecule has 0 fully saturated rings. The van der Waals surface area contributed by atoms with Gasteiger partial charge in [0.15, 0.2) is 11.5 Å². The van der Waals surface area contributed by atoms with Gasteiger partial charge in [-0.25, -0.2) is 4.79 Å². The van der Waals surface area contributed by atoms with Crippen molar-refractivity contribution in [3.05, 3.63) is 88.5 Å². The zero-order valence-corrected chi connectivity index (χ0v) is 20.4. The zero-order chi connectivity index (χ0) is 24.9. The Kier molecular flexibility index (Phi) is 7.25. The third kappa shape index (κ3) is 4.94. The van der Waals surface area contributed by atoms with Crippen LogP contribution in [-0.4, -0.2) is 51.3 Å². The van der Waals surface area contributed by atoms with Gasteiger partial charge in [-0.05, 0) is 72.5 Å². The molecule has 0 bridgehead atoms. The summed E-state index contributed by atoms with van der Waals surface area (Å²) in [5.74, 6) is 1.40. The SMILES string of the molecule is COC(=O)c1ccc(OC[C@H]2c3cc(OC)c(OC)cc3CCN2C(=O)c2ccccc2C)cc1. The van der Waals surface area contributed by atoms with E-state index in [0.717, 1.165) is 16.7 Å². The minimum Gasteiger partial charge on any atom is -0.493 e. The number of ether oxygens (including phenoxy) is 4. The Hall–Kier alpha value is -4.00. The van der Waals surface area contributed by atoms with Crippen molar-refractivity contribution >= 4 is 11.9 Å². The number of fused-ring (bicyclic) bond motifs is 1. The second-order valence-corrected chi connectivity index (χ2v) is 8.31. The van der Waals surface area contributed by atoms with Crippen LogP contribution >= 0.6 is 0 Å². The van der Waals surface area contributed by atoms with E-state index in [1.807, 2.05) is 48.2 Å². The Balaban J connectivity index is 1.67. The van der Waals surface area contributed by atoms with Crippen LogP contribution in [-0.2, 0) is 11.2 Å². The highest BCUT2D eigenvalue weighted by Gasteiger charge is 2.33. The summed E-state index contributed by atoms with van der Waals surface area (Å²) in [6.07, 6.45) is 0.692. The predicted octanol–water partition coefficient (Wildman–Crippen LogP) is 4.62. The third-order valence-corrected chi connectivity index (χ3v) is 6.32. The minimum absolute atomic E-state index is 0.0434. The second kappa shape index (κ2) is 10.5. The van der Waals surface area contributed by atoms with Gasteiger partial charge in [-0.15, -0.1) is 0 Å². The number of hydrogen-bond donors (Lipinski definition) is 0. The van der Waals surface area contributed by atoms with Crippen molar-refractivity contribution in [1.82, 2.24) is 4.90 Å². The molecule has 4 rings (SSSR count). The molecule has 0 spiro atoms. The van der Waals surface area contributed by atoms with Crippen LogP contribution < -0.4 is 14.2 Å². The highest BCUT2D eigenvalue weighted by molar-refractivity contribution is 5.96. The quantitative estimate of drug-likeness (QED) is 0.465. The fourth-order valence-electron chi connectivity index (χ4n) is 4.40. The maximum absolute atomic E-state index is 13.6. The lowest BCUT2D eigenvalue weighted by Gasteiger charge is -2.38. The van der Waals surface area contributed by atoms with Crippen molar-refractivity contribution in [1.29, 1.82) is 0 Å². The first-order valence-corrected chi connectivity index (χ1v) is 11.4. The molecule has 7 nitrogen and oxygen atoms in total. The topological polar surface area (TPSA) is 74.3 Å². The molecule has 1 aliphatic heterocycles. The van der Waals surface area contributed by atoms with Crippen LogP contribution in [0.4, 0.5) is 0 Å². The molecule has 0 aromatic heterocycles. The largest absolute Gasteiger partial charge is 0.493 e. The van der Waals surface area contributed by atoms with Crippen LogP contribution in [0.3, 0.4) is 0 Å². The Morgan fingerprint density at radius 3 is 2.29 bits per heavy atom. The van der Waals surface area contributed by atoms with Crippen LogP contribution in [0.1, 0.15) is 43.4 Å². The minimum atomic E-state index is -0.409. The molecule has 1 atom stereocenters. The molecule has 0 saturated heterocycles. The second-order valence-electron chi connectivity index (χ2n) is 8.31. The molecule has 3 aromatic rings. The van der Waals surface area contributed by atoms with Crippen molar-refractivity contribution in [2.24, 2.45) is 0 Å². The van der Waals surface area contributed by atoms with Crippen molar-refractivity contribution in [3.63, 3.8) is 0 Å². The highest BCUT2D eigenvalue weighted by atomic mass is 16.5. The normalized spacial score (nSPS) is 14.6. The van der Waals surface area contributed by atoms with E-state index in [-0.39, 0.29) is 18.6 Å². The fourth-order valence-corrected chi connectivity index (χ4v) is 4.40. The number of rotatable bonds is 7. The molecule has 0 radical (unpaired) electrons. The lowest BCUT2D eigenvalue weighted by atomic mass is 9.91. The summed E-state index contributed by atoms with van der Waals surface area (Å²) < 4.78 is 21.9. The number of methoxy groups -OCH3 is 3. The molecular formula is C28H29NO6. The average Bonchev–Trinajstić information content (AvgIpc) is 2.90. The summed E-state index contributed by atoms with van der Waals surface area (Å²) in [5.41, 5.74) is 4.08. The molecule has 35 heavy (non-hydrogen) atoms. The number of nitrogens with zero attached hydrogens (tertiary/aromatic N) is 1. The molecule has 1 aliphatic rings. The summed E-state index contributed by atoms with van der Waals surface area (Å²) in [4.78, 5) is 27.2. The van der Waals surface area contributed by atoms with Gasteiger partial charge < -0.3 is 23.8 Å². The standard InChI is InChI=1S/C28H29NO6/c1-18-7-5-6-8-22(18)27(30)29-14-13-20-15-25(32-2)26(33-3)16-23(20)24(29)17-35-21-11-9-19(10-12-21)28(31)34-4/h5-12,15-16,24H,13-14,17H2,1-4H3/t24-/m0/s1. The van der Waals surface area contributed by atoms with E-state index in [1.54, 1.807) is 38.5 Å². The molecule has 0 aliphatic carbocycles. The number of amides is 1. The first-order valence-electron chi connectivity index (χ1n) is 11.4. The number of aryl methyl sites for hydroxylation is 1. The smallest absolute Gasteiger partial charge is 0.337 e. The summed E-state index contributed by atoms with van der Waals surface area (Å²) >= 11 is 0. The Labute approximate surface area is 205 Å². The summed E-state index contributed by atoms with van der Waals surface area (Å²) in [7, 11) is 4.55. The van der Waals surface area contributed by atoms with E-state index in [4.69, 9.17) is 18.9 Å². The summed E-state index contributed by atoms with van der Waals surface area (Å²) in [5, 5.41) is 0. The van der Waals surface area contributed by atoms with Gasteiger partial charge in [0, 0.05) is 12.1 Å². The summed E-state index contributed by atoms with van der Waals surface area (Å²) in [6.45, 7) is 2.72. The van der Waals surface area contributed by atoms with Gasteiger partial charge in [-0.3, -0.25) is 4.79 Å². The van der Waals surface area contributed by atoms with E-state index in [2.05, 4.69) is 0 Å². The predicted molar refractivity (Wildman–Crippen MR) is 131 cm³/mol. The molecule has 0 unspecified atom stereocenters. The van der Waals surface area contributed by atoms with Gasteiger partial charge in [-0.2, -0.15) is 0 Å². The van der Waals surface area contributed by atoms with E-state index >= 15 is 0 Å². The van der Waals surface area contributed by atoms with Gasteiger partial charge in [0.1, 0.15) is 12.4 Å². The van der Waals surface area contributed by atoms with Gasteiger partial charge >= 0.3 is 5.97 Å². The maximum atomic E-state index is 13.6. The number of hydrogen-bond acceptors (Lipinski definition) is 6. The molecule has 1 amide bonds. The van der Waals surface area contributed by atoms with E-state index in [1.165, 1.54) is 7.11 Å². The average molecular weight is 476 g/mol. The number of benzene rings is 3. The van der Waals surface area contributed by atoms with E-state index in [0.29, 0.717) is 41.3 Å². The molecule has 0 N–H and O–H groups in total. The lowest BCUT2D eigenvalue weighted by molar-refractivity contribution is 0.0582. The van der Waals surface area contributed by atoms with Gasteiger partial charge in [0.05, 0.1) is 32.9 Å². The number of esters is 1. The van der Waals surface area contributed by atoms with Crippen molar-refractivity contribution in [3.8, 4) is 17.2 Å². The monoisotopic (exact) mass is 475 g/mol. The van der Waals surface area contributed by atoms with Crippen molar-refractivity contribution < 1.29 is 28.5 Å². The first-order chi connectivity index (χ1) is 17.0. The van der Waals surface area contributed by atoms with Crippen molar-refractivity contribution in [2.75, 3.05) is 34.5 Å². The number of carbonyl (C=O) groups excluding carboxylic acids is 2. The van der Waals surface area contributed by atoms with Crippen LogP contribution in [0.25, 0.3) is 0 Å². The van der Waals surface area contributed by atoms with Gasteiger partial charge in [0.2, 0.25) is 0 Å². The van der Waals surface area contributed by atoms with Crippen LogP contribution in [0, 0.1) is 6.92 Å². The van der Waals surface area contributed by atoms with Crippen molar-refractivity contribution in [2.45, 2.75) is 19.4 Å². The third-order valence-electron chi connectivity index (χ3n) is 6.32. The fraction of sp³-hybridized carbons (Fsp3) is 0.286. The van der Waals surface area contributed by atoms with Gasteiger partial charge in [-0.1, -0.05) is 18.2 Å². The molecular weight excluding hydrogens is 446 g/mol. The Morgan fingerprint density at radius 1 is 0.943 bits per heavy atom. The van der Waals surface area contributed by atoms with Crippen LogP contribution in [0.15, 0.2) is 60.7 Å². The molecule has 182 valence electrons. The molecule has 3 aromatic carbocycles. The Morgan fingerprint density at radius 2 is 1.63 bits per heavy atom. The summed E-state index contributed by atoms with van der Waals surface area (Å²) in [6, 6.07) is 17.9. The molecule has 1 heterocycles. The lowest BCUT2D eigenvalue weighted by Crippen LogP contribution is -2.42. The van der Waals surface area contributed by atoms with Crippen LogP contribution in [0.2, 0.25) is 0 Å². The zero-order valence-electron chi connectivity index (χ0n) is 20.4. The molecule has 7 heteroatoms. The number of carbonyl (C=O) groups is 2.